The Balaban J connectivity index is 0.00000312. The van der Waals surface area contributed by atoms with E-state index in [0.717, 1.165) is 22.1 Å². The summed E-state index contributed by atoms with van der Waals surface area (Å²) in [5.74, 6) is 1.37. The first-order chi connectivity index (χ1) is 11.6. The van der Waals surface area contributed by atoms with Crippen LogP contribution >= 0.6 is 35.6 Å². The second-order valence-corrected chi connectivity index (χ2v) is 6.01. The van der Waals surface area contributed by atoms with E-state index in [2.05, 4.69) is 20.6 Å². The standard InChI is InChI=1S/C18H23ClN4O.HI/c1-13(2)24-17-9-6-15(11-21-17)12-23-18(20-3)22-10-14-4-7-16(19)8-5-14;/h4-9,11,13H,10,12H2,1-3H3,(H2,20,22,23);1H. The smallest absolute Gasteiger partial charge is 0.213 e. The van der Waals surface area contributed by atoms with E-state index in [0.29, 0.717) is 19.0 Å². The Morgan fingerprint density at radius 3 is 2.20 bits per heavy atom. The molecule has 0 atom stereocenters. The van der Waals surface area contributed by atoms with Crippen LogP contribution in [0.15, 0.2) is 47.6 Å². The van der Waals surface area contributed by atoms with Gasteiger partial charge in [-0.1, -0.05) is 29.8 Å². The second kappa shape index (κ2) is 11.1. The number of aliphatic imine (C=N–C) groups is 1. The average Bonchev–Trinajstić information content (AvgIpc) is 2.57. The number of guanidine groups is 1. The molecule has 0 aliphatic heterocycles. The Labute approximate surface area is 171 Å². The van der Waals surface area contributed by atoms with Crippen LogP contribution in [0.4, 0.5) is 0 Å². The van der Waals surface area contributed by atoms with Crippen LogP contribution in [0.5, 0.6) is 5.88 Å². The van der Waals surface area contributed by atoms with Crippen LogP contribution in [0.2, 0.25) is 5.02 Å². The van der Waals surface area contributed by atoms with Gasteiger partial charge in [-0.2, -0.15) is 0 Å². The summed E-state index contributed by atoms with van der Waals surface area (Å²) in [4.78, 5) is 8.51. The van der Waals surface area contributed by atoms with Gasteiger partial charge in [0.2, 0.25) is 5.88 Å². The van der Waals surface area contributed by atoms with Gasteiger partial charge < -0.3 is 15.4 Å². The van der Waals surface area contributed by atoms with Gasteiger partial charge in [0.15, 0.2) is 5.96 Å². The summed E-state index contributed by atoms with van der Waals surface area (Å²) >= 11 is 5.89. The highest BCUT2D eigenvalue weighted by atomic mass is 127. The Kier molecular flexibility index (Phi) is 9.59. The predicted molar refractivity (Wildman–Crippen MR) is 114 cm³/mol. The fraction of sp³-hybridized carbons (Fsp3) is 0.333. The molecule has 2 rings (SSSR count). The van der Waals surface area contributed by atoms with E-state index in [1.807, 2.05) is 50.2 Å². The summed E-state index contributed by atoms with van der Waals surface area (Å²) in [5, 5.41) is 7.26. The molecule has 0 fully saturated rings. The van der Waals surface area contributed by atoms with Crippen LogP contribution < -0.4 is 15.4 Å². The number of aromatic nitrogens is 1. The van der Waals surface area contributed by atoms with Crippen molar-refractivity contribution in [3.8, 4) is 5.88 Å². The number of hydrogen-bond acceptors (Lipinski definition) is 3. The molecule has 0 aliphatic carbocycles. The minimum atomic E-state index is 0. The maximum absolute atomic E-state index is 5.89. The monoisotopic (exact) mass is 474 g/mol. The fourth-order valence-electron chi connectivity index (χ4n) is 2.02. The van der Waals surface area contributed by atoms with Crippen molar-refractivity contribution < 1.29 is 4.74 Å². The zero-order chi connectivity index (χ0) is 17.4. The van der Waals surface area contributed by atoms with Crippen molar-refractivity contribution in [2.45, 2.75) is 33.0 Å². The predicted octanol–water partition coefficient (Wildman–Crippen LogP) is 4.01. The first-order valence-corrected chi connectivity index (χ1v) is 8.25. The summed E-state index contributed by atoms with van der Waals surface area (Å²) in [7, 11) is 1.75. The maximum Gasteiger partial charge on any atom is 0.213 e. The number of halogens is 2. The first-order valence-electron chi connectivity index (χ1n) is 7.87. The lowest BCUT2D eigenvalue weighted by Crippen LogP contribution is -2.36. The van der Waals surface area contributed by atoms with Crippen molar-refractivity contribution in [1.82, 2.24) is 15.6 Å². The van der Waals surface area contributed by atoms with E-state index in [4.69, 9.17) is 16.3 Å². The number of nitrogens with one attached hydrogen (secondary N) is 2. The molecular formula is C18H24ClIN4O. The van der Waals surface area contributed by atoms with Crippen LogP contribution in [0, 0.1) is 0 Å². The highest BCUT2D eigenvalue weighted by molar-refractivity contribution is 14.0. The third kappa shape index (κ3) is 7.92. The van der Waals surface area contributed by atoms with Crippen LogP contribution in [-0.2, 0) is 13.1 Å². The number of hydrogen-bond donors (Lipinski definition) is 2. The minimum absolute atomic E-state index is 0. The highest BCUT2D eigenvalue weighted by Gasteiger charge is 2.02. The Hall–Kier alpha value is -1.54. The van der Waals surface area contributed by atoms with E-state index in [1.54, 1.807) is 13.2 Å². The highest BCUT2D eigenvalue weighted by Crippen LogP contribution is 2.10. The van der Waals surface area contributed by atoms with Gasteiger partial charge in [0.05, 0.1) is 6.10 Å². The fourth-order valence-corrected chi connectivity index (χ4v) is 2.15. The van der Waals surface area contributed by atoms with Crippen LogP contribution in [-0.4, -0.2) is 24.1 Å². The van der Waals surface area contributed by atoms with Crippen molar-refractivity contribution >= 4 is 41.5 Å². The molecule has 2 N–H and O–H groups in total. The Morgan fingerprint density at radius 2 is 1.68 bits per heavy atom. The molecule has 2 aromatic rings. The molecule has 136 valence electrons. The summed E-state index contributed by atoms with van der Waals surface area (Å²) in [6.45, 7) is 5.27. The lowest BCUT2D eigenvalue weighted by Gasteiger charge is -2.13. The molecule has 0 amide bonds. The van der Waals surface area contributed by atoms with Crippen LogP contribution in [0.1, 0.15) is 25.0 Å². The molecule has 0 saturated heterocycles. The number of benzene rings is 1. The molecule has 25 heavy (non-hydrogen) atoms. The molecule has 0 unspecified atom stereocenters. The van der Waals surface area contributed by atoms with Crippen molar-refractivity contribution in [2.24, 2.45) is 4.99 Å². The largest absolute Gasteiger partial charge is 0.475 e. The molecule has 0 spiro atoms. The summed E-state index contributed by atoms with van der Waals surface area (Å²) in [6, 6.07) is 11.6. The van der Waals surface area contributed by atoms with Crippen molar-refractivity contribution in [3.05, 3.63) is 58.7 Å². The van der Waals surface area contributed by atoms with Crippen molar-refractivity contribution in [2.75, 3.05) is 7.05 Å². The van der Waals surface area contributed by atoms with Gasteiger partial charge in [-0.3, -0.25) is 4.99 Å². The third-order valence-electron chi connectivity index (χ3n) is 3.21. The van der Waals surface area contributed by atoms with E-state index in [-0.39, 0.29) is 30.1 Å². The first kappa shape index (κ1) is 21.5. The van der Waals surface area contributed by atoms with E-state index in [9.17, 15) is 0 Å². The summed E-state index contributed by atoms with van der Waals surface area (Å²) in [5.41, 5.74) is 2.19. The zero-order valence-corrected chi connectivity index (χ0v) is 17.7. The number of ether oxygens (including phenoxy) is 1. The van der Waals surface area contributed by atoms with Crippen LogP contribution in [0.3, 0.4) is 0 Å². The van der Waals surface area contributed by atoms with Gasteiger partial charge >= 0.3 is 0 Å². The van der Waals surface area contributed by atoms with E-state index < -0.39 is 0 Å². The average molecular weight is 475 g/mol. The molecule has 0 bridgehead atoms. The topological polar surface area (TPSA) is 58.5 Å². The zero-order valence-electron chi connectivity index (χ0n) is 14.6. The molecule has 1 heterocycles. The molecular weight excluding hydrogens is 451 g/mol. The van der Waals surface area contributed by atoms with Gasteiger partial charge in [0.1, 0.15) is 0 Å². The number of pyridine rings is 1. The number of nitrogens with zero attached hydrogens (tertiary/aromatic N) is 2. The molecule has 1 aromatic heterocycles. The van der Waals surface area contributed by atoms with Gasteiger partial charge in [0, 0.05) is 37.4 Å². The quantitative estimate of drug-likeness (QED) is 0.377. The molecule has 0 radical (unpaired) electrons. The molecule has 0 aliphatic rings. The van der Waals surface area contributed by atoms with Crippen molar-refractivity contribution in [1.29, 1.82) is 0 Å². The molecule has 7 heteroatoms. The molecule has 0 saturated carbocycles. The minimum Gasteiger partial charge on any atom is -0.475 e. The molecule has 1 aromatic carbocycles. The van der Waals surface area contributed by atoms with E-state index in [1.165, 1.54) is 0 Å². The number of rotatable bonds is 6. The molecule has 5 nitrogen and oxygen atoms in total. The van der Waals surface area contributed by atoms with Gasteiger partial charge in [-0.05, 0) is 37.1 Å². The lowest BCUT2D eigenvalue weighted by molar-refractivity contribution is 0.232. The maximum atomic E-state index is 5.89. The van der Waals surface area contributed by atoms with Gasteiger partial charge in [-0.15, -0.1) is 24.0 Å². The third-order valence-corrected chi connectivity index (χ3v) is 3.46. The normalized spacial score (nSPS) is 11.0. The van der Waals surface area contributed by atoms with Gasteiger partial charge in [-0.25, -0.2) is 4.98 Å². The Morgan fingerprint density at radius 1 is 1.08 bits per heavy atom. The SMILES string of the molecule is CN=C(NCc1ccc(Cl)cc1)NCc1ccc(OC(C)C)nc1.I. The Bertz CT molecular complexity index is 660. The summed E-state index contributed by atoms with van der Waals surface area (Å²) < 4.78 is 5.53. The summed E-state index contributed by atoms with van der Waals surface area (Å²) in [6.07, 6.45) is 1.93. The second-order valence-electron chi connectivity index (χ2n) is 5.58. The van der Waals surface area contributed by atoms with E-state index >= 15 is 0 Å². The van der Waals surface area contributed by atoms with Gasteiger partial charge in [0.25, 0.3) is 0 Å². The lowest BCUT2D eigenvalue weighted by atomic mass is 10.2. The van der Waals surface area contributed by atoms with Crippen LogP contribution in [0.25, 0.3) is 0 Å². The van der Waals surface area contributed by atoms with Crippen molar-refractivity contribution in [3.63, 3.8) is 0 Å².